The minimum Gasteiger partial charge on any atom is -0.497 e. The predicted molar refractivity (Wildman–Crippen MR) is 76.7 cm³/mol. The second kappa shape index (κ2) is 6.90. The van der Waals surface area contributed by atoms with Crippen molar-refractivity contribution in [1.29, 1.82) is 0 Å². The van der Waals surface area contributed by atoms with Gasteiger partial charge in [-0.1, -0.05) is 6.07 Å². The number of nitrogens with one attached hydrogen (secondary N) is 1. The van der Waals surface area contributed by atoms with Crippen molar-refractivity contribution in [3.05, 3.63) is 23.8 Å². The van der Waals surface area contributed by atoms with Crippen molar-refractivity contribution in [2.45, 2.75) is 25.4 Å². The number of thioether (sulfide) groups is 1. The molecule has 2 rings (SSSR count). The molecule has 0 aliphatic heterocycles. The van der Waals surface area contributed by atoms with Crippen LogP contribution < -0.4 is 14.8 Å². The average molecular weight is 267 g/mol. The Kier molecular flexibility index (Phi) is 5.20. The van der Waals surface area contributed by atoms with Crippen LogP contribution >= 0.6 is 11.8 Å². The zero-order valence-corrected chi connectivity index (χ0v) is 11.9. The SMILES string of the molecule is COc1ccc(CNC2CC2)c(OCCSC)c1. The fraction of sp³-hybridized carbons (Fsp3) is 0.571. The molecule has 0 radical (unpaired) electrons. The molecule has 0 spiro atoms. The molecule has 18 heavy (non-hydrogen) atoms. The number of ether oxygens (including phenoxy) is 2. The van der Waals surface area contributed by atoms with Crippen LogP contribution in [-0.4, -0.2) is 31.8 Å². The Hall–Kier alpha value is -0.870. The summed E-state index contributed by atoms with van der Waals surface area (Å²) in [5.41, 5.74) is 1.21. The highest BCUT2D eigenvalue weighted by molar-refractivity contribution is 7.98. The van der Waals surface area contributed by atoms with Crippen LogP contribution in [0.5, 0.6) is 11.5 Å². The lowest BCUT2D eigenvalue weighted by atomic mass is 10.2. The van der Waals surface area contributed by atoms with E-state index in [0.29, 0.717) is 6.04 Å². The smallest absolute Gasteiger partial charge is 0.127 e. The Labute approximate surface area is 113 Å². The van der Waals surface area contributed by atoms with E-state index in [9.17, 15) is 0 Å². The van der Waals surface area contributed by atoms with E-state index in [1.807, 2.05) is 12.1 Å². The van der Waals surface area contributed by atoms with E-state index in [1.165, 1.54) is 18.4 Å². The van der Waals surface area contributed by atoms with Gasteiger partial charge in [0.15, 0.2) is 0 Å². The molecule has 100 valence electrons. The minimum absolute atomic E-state index is 0.714. The highest BCUT2D eigenvalue weighted by Crippen LogP contribution is 2.26. The van der Waals surface area contributed by atoms with Crippen molar-refractivity contribution in [2.24, 2.45) is 0 Å². The van der Waals surface area contributed by atoms with Gasteiger partial charge in [-0.3, -0.25) is 0 Å². The van der Waals surface area contributed by atoms with Gasteiger partial charge in [-0.25, -0.2) is 0 Å². The molecule has 0 saturated heterocycles. The summed E-state index contributed by atoms with van der Waals surface area (Å²) in [5.74, 6) is 2.80. The van der Waals surface area contributed by atoms with E-state index >= 15 is 0 Å². The molecular weight excluding hydrogens is 246 g/mol. The number of methoxy groups -OCH3 is 1. The third-order valence-corrected chi connectivity index (χ3v) is 3.55. The highest BCUT2D eigenvalue weighted by Gasteiger charge is 2.20. The molecule has 0 bridgehead atoms. The van der Waals surface area contributed by atoms with Crippen LogP contribution in [-0.2, 0) is 6.54 Å². The molecular formula is C14H21NO2S. The summed E-state index contributed by atoms with van der Waals surface area (Å²) >= 11 is 1.79. The number of benzene rings is 1. The summed E-state index contributed by atoms with van der Waals surface area (Å²) in [6.45, 7) is 1.62. The Morgan fingerprint density at radius 3 is 2.89 bits per heavy atom. The van der Waals surface area contributed by atoms with E-state index in [2.05, 4.69) is 17.6 Å². The second-order valence-corrected chi connectivity index (χ2v) is 5.46. The molecule has 1 N–H and O–H groups in total. The van der Waals surface area contributed by atoms with Crippen molar-refractivity contribution >= 4 is 11.8 Å². The van der Waals surface area contributed by atoms with Gasteiger partial charge < -0.3 is 14.8 Å². The van der Waals surface area contributed by atoms with Gasteiger partial charge in [-0.05, 0) is 25.2 Å². The van der Waals surface area contributed by atoms with Crippen LogP contribution in [0.25, 0.3) is 0 Å². The maximum Gasteiger partial charge on any atom is 0.127 e. The van der Waals surface area contributed by atoms with E-state index in [-0.39, 0.29) is 0 Å². The zero-order chi connectivity index (χ0) is 12.8. The summed E-state index contributed by atoms with van der Waals surface area (Å²) in [6.07, 6.45) is 4.70. The normalized spacial score (nSPS) is 14.6. The first kappa shape index (κ1) is 13.6. The first-order valence-corrected chi connectivity index (χ1v) is 7.75. The summed E-state index contributed by atoms with van der Waals surface area (Å²) in [4.78, 5) is 0. The Bertz CT molecular complexity index is 380. The summed E-state index contributed by atoms with van der Waals surface area (Å²) in [6, 6.07) is 6.77. The van der Waals surface area contributed by atoms with Gasteiger partial charge in [0.1, 0.15) is 11.5 Å². The Balaban J connectivity index is 1.99. The second-order valence-electron chi connectivity index (χ2n) is 4.47. The Morgan fingerprint density at radius 1 is 1.39 bits per heavy atom. The quantitative estimate of drug-likeness (QED) is 0.734. The van der Waals surface area contributed by atoms with Gasteiger partial charge in [0, 0.05) is 30.0 Å². The molecule has 1 aromatic rings. The zero-order valence-electron chi connectivity index (χ0n) is 11.1. The summed E-state index contributed by atoms with van der Waals surface area (Å²) in [5, 5.41) is 3.52. The molecule has 0 aromatic heterocycles. The highest BCUT2D eigenvalue weighted by atomic mass is 32.2. The maximum atomic E-state index is 5.83. The lowest BCUT2D eigenvalue weighted by molar-refractivity contribution is 0.335. The van der Waals surface area contributed by atoms with Gasteiger partial charge in [0.25, 0.3) is 0 Å². The van der Waals surface area contributed by atoms with Crippen molar-refractivity contribution < 1.29 is 9.47 Å². The van der Waals surface area contributed by atoms with Crippen molar-refractivity contribution in [3.63, 3.8) is 0 Å². The van der Waals surface area contributed by atoms with E-state index in [4.69, 9.17) is 9.47 Å². The number of hydrogen-bond donors (Lipinski definition) is 1. The van der Waals surface area contributed by atoms with Gasteiger partial charge >= 0.3 is 0 Å². The van der Waals surface area contributed by atoms with Crippen molar-refractivity contribution in [1.82, 2.24) is 5.32 Å². The number of hydrogen-bond acceptors (Lipinski definition) is 4. The summed E-state index contributed by atoms with van der Waals surface area (Å²) < 4.78 is 11.1. The van der Waals surface area contributed by atoms with Gasteiger partial charge in [0.05, 0.1) is 13.7 Å². The molecule has 1 aliphatic rings. The standard InChI is InChI=1S/C14H21NO2S/c1-16-13-6-3-11(10-15-12-4-5-12)14(9-13)17-7-8-18-2/h3,6,9,12,15H,4-5,7-8,10H2,1-2H3. The van der Waals surface area contributed by atoms with Gasteiger partial charge in [0.2, 0.25) is 0 Å². The van der Waals surface area contributed by atoms with Crippen LogP contribution in [0, 0.1) is 0 Å². The van der Waals surface area contributed by atoms with Crippen molar-refractivity contribution in [3.8, 4) is 11.5 Å². The third kappa shape index (κ3) is 4.10. The van der Waals surface area contributed by atoms with Gasteiger partial charge in [-0.15, -0.1) is 0 Å². The molecule has 0 unspecified atom stereocenters. The van der Waals surface area contributed by atoms with Gasteiger partial charge in [-0.2, -0.15) is 11.8 Å². The molecule has 1 fully saturated rings. The number of rotatable bonds is 8. The fourth-order valence-electron chi connectivity index (χ4n) is 1.72. The minimum atomic E-state index is 0.714. The van der Waals surface area contributed by atoms with Crippen LogP contribution in [0.1, 0.15) is 18.4 Å². The largest absolute Gasteiger partial charge is 0.497 e. The monoisotopic (exact) mass is 267 g/mol. The predicted octanol–water partition coefficient (Wildman–Crippen LogP) is 2.69. The van der Waals surface area contributed by atoms with Crippen LogP contribution in [0.2, 0.25) is 0 Å². The van der Waals surface area contributed by atoms with Crippen LogP contribution in [0.4, 0.5) is 0 Å². The first-order valence-electron chi connectivity index (χ1n) is 6.35. The average Bonchev–Trinajstić information content (AvgIpc) is 3.21. The lowest BCUT2D eigenvalue weighted by Gasteiger charge is -2.13. The van der Waals surface area contributed by atoms with E-state index in [0.717, 1.165) is 30.4 Å². The third-order valence-electron chi connectivity index (χ3n) is 2.98. The van der Waals surface area contributed by atoms with E-state index in [1.54, 1.807) is 18.9 Å². The molecule has 1 aliphatic carbocycles. The maximum absolute atomic E-state index is 5.83. The van der Waals surface area contributed by atoms with Crippen molar-refractivity contribution in [2.75, 3.05) is 25.7 Å². The Morgan fingerprint density at radius 2 is 2.22 bits per heavy atom. The molecule has 4 heteroatoms. The topological polar surface area (TPSA) is 30.5 Å². The lowest BCUT2D eigenvalue weighted by Crippen LogP contribution is -2.16. The molecule has 0 atom stereocenters. The molecule has 1 aromatic carbocycles. The van der Waals surface area contributed by atoms with Crippen LogP contribution in [0.3, 0.4) is 0 Å². The molecule has 3 nitrogen and oxygen atoms in total. The molecule has 0 amide bonds. The molecule has 1 saturated carbocycles. The van der Waals surface area contributed by atoms with E-state index < -0.39 is 0 Å². The first-order chi connectivity index (χ1) is 8.83. The molecule has 0 heterocycles. The van der Waals surface area contributed by atoms with Crippen LogP contribution in [0.15, 0.2) is 18.2 Å². The summed E-state index contributed by atoms with van der Waals surface area (Å²) in [7, 11) is 1.68. The fourth-order valence-corrected chi connectivity index (χ4v) is 1.97.